The van der Waals surface area contributed by atoms with Crippen LogP contribution in [0.15, 0.2) is 0 Å². The lowest BCUT2D eigenvalue weighted by Crippen LogP contribution is -2.44. The largest absolute Gasteiger partial charge is 0.467 e. The topological polar surface area (TPSA) is 64.6 Å². The minimum absolute atomic E-state index is 0.374. The average Bonchev–Trinajstić information content (AvgIpc) is 2.77. The molecule has 0 aromatic carbocycles. The monoisotopic (exact) mass is 266 g/mol. The summed E-state index contributed by atoms with van der Waals surface area (Å²) < 4.78 is 9.81. The summed E-state index contributed by atoms with van der Waals surface area (Å²) >= 11 is 0. The molecule has 0 saturated heterocycles. The molecule has 5 heteroatoms. The molecule has 0 aromatic rings. The van der Waals surface area contributed by atoms with Crippen molar-refractivity contribution in [1.82, 2.24) is 5.32 Å². The third kappa shape index (κ3) is 5.94. The van der Waals surface area contributed by atoms with Crippen LogP contribution in [0.4, 0.5) is 4.79 Å². The molecule has 0 aliphatic heterocycles. The molecule has 1 atom stereocenters. The Hall–Kier alpha value is -1.26. The van der Waals surface area contributed by atoms with E-state index in [0.717, 1.165) is 5.92 Å². The molecule has 0 heterocycles. The minimum atomic E-state index is -0.748. The van der Waals surface area contributed by atoms with Gasteiger partial charge in [0.1, 0.15) is 11.6 Å². The third-order valence-electron chi connectivity index (χ3n) is 2.35. The van der Waals surface area contributed by atoms with E-state index < -0.39 is 23.7 Å². The van der Waals surface area contributed by atoms with Crippen LogP contribution >= 0.6 is 0 Å². The van der Waals surface area contributed by atoms with Crippen LogP contribution in [0.2, 0.25) is 0 Å². The van der Waals surface area contributed by atoms with Gasteiger partial charge in [0.15, 0.2) is 0 Å². The van der Waals surface area contributed by atoms with E-state index >= 15 is 0 Å². The fourth-order valence-electron chi connectivity index (χ4n) is 1.57. The zero-order valence-corrected chi connectivity index (χ0v) is 11.7. The van der Waals surface area contributed by atoms with Crippen LogP contribution < -0.4 is 5.32 Å². The van der Waals surface area contributed by atoms with Gasteiger partial charge in [0.05, 0.1) is 7.11 Å². The van der Waals surface area contributed by atoms with Gasteiger partial charge in [-0.3, -0.25) is 0 Å². The van der Waals surface area contributed by atoms with Crippen molar-refractivity contribution in [3.8, 4) is 0 Å². The van der Waals surface area contributed by atoms with Crippen molar-refractivity contribution in [2.75, 3.05) is 7.11 Å². The van der Waals surface area contributed by atoms with E-state index in [1.54, 1.807) is 20.8 Å². The van der Waals surface area contributed by atoms with Crippen molar-refractivity contribution in [3.63, 3.8) is 0 Å². The summed E-state index contributed by atoms with van der Waals surface area (Å²) in [4.78, 5) is 23.3. The first-order valence-corrected chi connectivity index (χ1v) is 6.10. The Morgan fingerprint density at radius 2 is 1.84 bits per heavy atom. The number of hydrogen-bond donors (Lipinski definition) is 1. The Morgan fingerprint density at radius 1 is 1.26 bits per heavy atom. The van der Waals surface area contributed by atoms with E-state index in [2.05, 4.69) is 10.1 Å². The number of alkyl carbamates (subject to hydrolysis) is 1. The molecule has 1 saturated carbocycles. The van der Waals surface area contributed by atoms with Crippen LogP contribution in [0.3, 0.4) is 0 Å². The summed E-state index contributed by atoms with van der Waals surface area (Å²) in [6.07, 6.45) is 7.25. The highest BCUT2D eigenvalue weighted by Gasteiger charge is 2.29. The normalized spacial score (nSPS) is 17.9. The predicted octanol–water partition coefficient (Wildman–Crippen LogP) is 1.85. The molecule has 1 N–H and O–H groups in total. The molecule has 5 radical (unpaired) electrons. The van der Waals surface area contributed by atoms with E-state index in [0.29, 0.717) is 6.42 Å². The SMILES string of the molecule is COC(=O)[C@H](C[C]1[CH][CH][CH][CH]1)NC(=O)OC(C)(C)C. The maximum absolute atomic E-state index is 11.7. The summed E-state index contributed by atoms with van der Waals surface area (Å²) in [7, 11) is 1.29. The molecule has 1 aliphatic rings. The van der Waals surface area contributed by atoms with Gasteiger partial charge in [-0.1, -0.05) is 0 Å². The third-order valence-corrected chi connectivity index (χ3v) is 2.35. The van der Waals surface area contributed by atoms with Gasteiger partial charge in [-0.2, -0.15) is 0 Å². The van der Waals surface area contributed by atoms with Crippen molar-refractivity contribution >= 4 is 12.1 Å². The molecule has 0 spiro atoms. The number of methoxy groups -OCH3 is 1. The van der Waals surface area contributed by atoms with Crippen molar-refractivity contribution in [1.29, 1.82) is 0 Å². The summed E-state index contributed by atoms with van der Waals surface area (Å²) in [6.45, 7) is 5.28. The molecule has 1 fully saturated rings. The smallest absolute Gasteiger partial charge is 0.408 e. The molecule has 0 bridgehead atoms. The Bertz CT molecular complexity index is 316. The first-order chi connectivity index (χ1) is 8.81. The maximum atomic E-state index is 11.7. The fraction of sp³-hybridized carbons (Fsp3) is 0.500. The molecule has 5 nitrogen and oxygen atoms in total. The number of amides is 1. The second kappa shape index (κ2) is 6.78. The molecular formula is C14H20NO4. The lowest BCUT2D eigenvalue weighted by molar-refractivity contribution is -0.143. The minimum Gasteiger partial charge on any atom is -0.467 e. The van der Waals surface area contributed by atoms with Crippen molar-refractivity contribution in [2.24, 2.45) is 0 Å². The van der Waals surface area contributed by atoms with E-state index in [1.807, 2.05) is 25.7 Å². The number of esters is 1. The van der Waals surface area contributed by atoms with Crippen LogP contribution in [0, 0.1) is 31.6 Å². The highest BCUT2D eigenvalue weighted by Crippen LogP contribution is 2.27. The number of nitrogens with one attached hydrogen (secondary N) is 1. The number of carbonyl (C=O) groups is 2. The van der Waals surface area contributed by atoms with Gasteiger partial charge in [0.25, 0.3) is 0 Å². The van der Waals surface area contributed by atoms with Gasteiger partial charge in [-0.05, 0) is 58.8 Å². The quantitative estimate of drug-likeness (QED) is 0.789. The van der Waals surface area contributed by atoms with Gasteiger partial charge in [0, 0.05) is 0 Å². The lowest BCUT2D eigenvalue weighted by Gasteiger charge is -2.23. The highest BCUT2D eigenvalue weighted by atomic mass is 16.6. The Kier molecular flexibility index (Phi) is 5.63. The van der Waals surface area contributed by atoms with E-state index in [1.165, 1.54) is 7.11 Å². The average molecular weight is 266 g/mol. The Morgan fingerprint density at radius 3 is 2.32 bits per heavy atom. The predicted molar refractivity (Wildman–Crippen MR) is 70.2 cm³/mol. The Balaban J connectivity index is 2.53. The zero-order chi connectivity index (χ0) is 14.5. The first-order valence-electron chi connectivity index (χ1n) is 6.10. The number of ether oxygens (including phenoxy) is 2. The van der Waals surface area contributed by atoms with Gasteiger partial charge >= 0.3 is 12.1 Å². The van der Waals surface area contributed by atoms with E-state index in [9.17, 15) is 9.59 Å². The second-order valence-corrected chi connectivity index (χ2v) is 5.22. The summed E-state index contributed by atoms with van der Waals surface area (Å²) in [5.74, 6) is 0.457. The van der Waals surface area contributed by atoms with Crippen LogP contribution in [0.1, 0.15) is 27.2 Å². The molecule has 1 amide bonds. The Labute approximate surface area is 115 Å². The van der Waals surface area contributed by atoms with Gasteiger partial charge < -0.3 is 14.8 Å². The highest BCUT2D eigenvalue weighted by molar-refractivity contribution is 5.81. The van der Waals surface area contributed by atoms with E-state index in [4.69, 9.17) is 4.74 Å². The molecule has 0 aromatic heterocycles. The number of hydrogen-bond acceptors (Lipinski definition) is 4. The van der Waals surface area contributed by atoms with Crippen LogP contribution in [0.25, 0.3) is 0 Å². The standard InChI is InChI=1S/C14H20NO4/c1-14(2,3)19-13(17)15-11(12(16)18-4)9-10-7-5-6-8-10/h5-8,11H,9H2,1-4H3,(H,15,17)/t11-/m0/s1. The van der Waals surface area contributed by atoms with Crippen molar-refractivity contribution in [2.45, 2.75) is 38.8 Å². The number of carbonyl (C=O) groups excluding carboxylic acids is 2. The van der Waals surface area contributed by atoms with Crippen LogP contribution in [0.5, 0.6) is 0 Å². The van der Waals surface area contributed by atoms with Gasteiger partial charge in [-0.15, -0.1) is 0 Å². The molecule has 1 rings (SSSR count). The van der Waals surface area contributed by atoms with Gasteiger partial charge in [0.2, 0.25) is 0 Å². The van der Waals surface area contributed by atoms with Gasteiger partial charge in [-0.25, -0.2) is 9.59 Å². The van der Waals surface area contributed by atoms with Crippen molar-refractivity contribution in [3.05, 3.63) is 31.6 Å². The fourth-order valence-corrected chi connectivity index (χ4v) is 1.57. The molecule has 105 valence electrons. The second-order valence-electron chi connectivity index (χ2n) is 5.22. The molecular weight excluding hydrogens is 246 g/mol. The van der Waals surface area contributed by atoms with Crippen LogP contribution in [-0.2, 0) is 14.3 Å². The first kappa shape index (κ1) is 15.8. The molecule has 1 aliphatic carbocycles. The zero-order valence-electron chi connectivity index (χ0n) is 11.7. The summed E-state index contributed by atoms with van der Waals surface area (Å²) in [5, 5.41) is 2.53. The summed E-state index contributed by atoms with van der Waals surface area (Å²) in [6, 6.07) is -0.748. The van der Waals surface area contributed by atoms with Crippen LogP contribution in [-0.4, -0.2) is 30.8 Å². The molecule has 0 unspecified atom stereocenters. The van der Waals surface area contributed by atoms with Crippen molar-refractivity contribution < 1.29 is 19.1 Å². The summed E-state index contributed by atoms with van der Waals surface area (Å²) in [5.41, 5.74) is -0.606. The molecule has 19 heavy (non-hydrogen) atoms. The van der Waals surface area contributed by atoms with E-state index in [-0.39, 0.29) is 0 Å². The maximum Gasteiger partial charge on any atom is 0.408 e. The lowest BCUT2D eigenvalue weighted by atomic mass is 9.98. The number of rotatable bonds is 4.